The van der Waals surface area contributed by atoms with E-state index in [2.05, 4.69) is 12.5 Å². The molecule has 1 aliphatic rings. The smallest absolute Gasteiger partial charge is 0.332 e. The van der Waals surface area contributed by atoms with E-state index in [1.54, 1.807) is 0 Å². The molecule has 0 N–H and O–H groups in total. The zero-order valence-electron chi connectivity index (χ0n) is 12.2. The largest absolute Gasteiger partial charge is 0.434 e. The van der Waals surface area contributed by atoms with Crippen molar-refractivity contribution in [1.82, 2.24) is 0 Å². The molecule has 0 unspecified atom stereocenters. The van der Waals surface area contributed by atoms with Crippen LogP contribution in [0.5, 0.6) is 0 Å². The van der Waals surface area contributed by atoms with Crippen LogP contribution in [-0.2, 0) is 28.0 Å². The van der Waals surface area contributed by atoms with Gasteiger partial charge in [-0.3, -0.25) is 0 Å². The summed E-state index contributed by atoms with van der Waals surface area (Å²) in [5.41, 5.74) is 2.73. The summed E-state index contributed by atoms with van der Waals surface area (Å²) in [6.07, 6.45) is 8.75. The Labute approximate surface area is 130 Å². The van der Waals surface area contributed by atoms with Crippen molar-refractivity contribution in [2.75, 3.05) is 0 Å². The fraction of sp³-hybridized carbons (Fsp3) is 0.150. The highest BCUT2D eigenvalue weighted by Gasteiger charge is 2.40. The first-order valence-corrected chi connectivity index (χ1v) is 7.21. The predicted octanol–water partition coefficient (Wildman–Crippen LogP) is 3.39. The Hall–Kier alpha value is -2.79. The Bertz CT molecular complexity index is 733. The Morgan fingerprint density at radius 3 is 2.05 bits per heavy atom. The lowest BCUT2D eigenvalue weighted by atomic mass is 9.84. The second-order valence-corrected chi connectivity index (χ2v) is 5.27. The van der Waals surface area contributed by atoms with Crippen molar-refractivity contribution in [2.24, 2.45) is 0 Å². The summed E-state index contributed by atoms with van der Waals surface area (Å²) in [6.45, 7) is 3.48. The maximum atomic E-state index is 11.9. The summed E-state index contributed by atoms with van der Waals surface area (Å²) in [4.78, 5) is 11.9. The summed E-state index contributed by atoms with van der Waals surface area (Å²) in [7, 11) is 0. The molecule has 0 bridgehead atoms. The minimum atomic E-state index is -1.20. The van der Waals surface area contributed by atoms with Crippen LogP contribution in [0.25, 0.3) is 0 Å². The molecule has 0 saturated carbocycles. The van der Waals surface area contributed by atoms with Crippen LogP contribution in [0.4, 0.5) is 0 Å². The number of fused-ring (bicyclic) bond motifs is 2. The first-order valence-electron chi connectivity index (χ1n) is 7.21. The molecule has 2 nitrogen and oxygen atoms in total. The minimum absolute atomic E-state index is 0.524. The van der Waals surface area contributed by atoms with Gasteiger partial charge in [-0.25, -0.2) is 4.79 Å². The van der Waals surface area contributed by atoms with E-state index in [1.807, 2.05) is 48.5 Å². The summed E-state index contributed by atoms with van der Waals surface area (Å²) in [6, 6.07) is 15.7. The standard InChI is InChI=1S/C20H16O2/c1-3-19(21)22-20(4-2)17-11-7-5-9-15(17)13-14-16-10-6-8-12-18(16)20/h2-3,5-12H,1,13-14H2. The molecule has 0 amide bonds. The lowest BCUT2D eigenvalue weighted by molar-refractivity contribution is -0.146. The van der Waals surface area contributed by atoms with Gasteiger partial charge in [0.25, 0.3) is 0 Å². The van der Waals surface area contributed by atoms with Crippen molar-refractivity contribution >= 4 is 5.97 Å². The first kappa shape index (κ1) is 14.2. The zero-order valence-corrected chi connectivity index (χ0v) is 12.2. The van der Waals surface area contributed by atoms with Gasteiger partial charge in [0.1, 0.15) is 0 Å². The Kier molecular flexibility index (Phi) is 3.56. The third kappa shape index (κ3) is 2.12. The van der Waals surface area contributed by atoms with Gasteiger partial charge in [-0.2, -0.15) is 0 Å². The van der Waals surface area contributed by atoms with E-state index in [9.17, 15) is 4.79 Å². The van der Waals surface area contributed by atoms with Crippen LogP contribution in [0.3, 0.4) is 0 Å². The number of hydrogen-bond donors (Lipinski definition) is 0. The van der Waals surface area contributed by atoms with E-state index in [-0.39, 0.29) is 0 Å². The van der Waals surface area contributed by atoms with Crippen molar-refractivity contribution in [3.05, 3.63) is 83.4 Å². The molecule has 2 aromatic rings. The second kappa shape index (κ2) is 5.54. The number of esters is 1. The molecule has 0 aliphatic heterocycles. The van der Waals surface area contributed by atoms with E-state index in [4.69, 9.17) is 11.2 Å². The van der Waals surface area contributed by atoms with Crippen molar-refractivity contribution in [2.45, 2.75) is 18.4 Å². The van der Waals surface area contributed by atoms with E-state index in [0.29, 0.717) is 0 Å². The quantitative estimate of drug-likeness (QED) is 0.481. The molecule has 3 rings (SSSR count). The second-order valence-electron chi connectivity index (χ2n) is 5.27. The topological polar surface area (TPSA) is 26.3 Å². The molecule has 2 aromatic carbocycles. The van der Waals surface area contributed by atoms with Crippen LogP contribution in [0, 0.1) is 12.3 Å². The van der Waals surface area contributed by atoms with E-state index in [0.717, 1.165) is 41.2 Å². The average Bonchev–Trinajstić information content (AvgIpc) is 2.71. The molecule has 1 aliphatic carbocycles. The van der Waals surface area contributed by atoms with Gasteiger partial charge in [0, 0.05) is 17.2 Å². The summed E-state index contributed by atoms with van der Waals surface area (Å²) < 4.78 is 5.72. The van der Waals surface area contributed by atoms with Gasteiger partial charge < -0.3 is 4.74 Å². The summed E-state index contributed by atoms with van der Waals surface area (Å²) >= 11 is 0. The number of carbonyl (C=O) groups excluding carboxylic acids is 1. The molecular weight excluding hydrogens is 272 g/mol. The van der Waals surface area contributed by atoms with Gasteiger partial charge in [0.15, 0.2) is 0 Å². The van der Waals surface area contributed by atoms with Gasteiger partial charge in [-0.15, -0.1) is 6.42 Å². The van der Waals surface area contributed by atoms with Crippen molar-refractivity contribution in [3.63, 3.8) is 0 Å². The number of aryl methyl sites for hydroxylation is 2. The normalized spacial score (nSPS) is 14.7. The van der Waals surface area contributed by atoms with Gasteiger partial charge in [0.2, 0.25) is 5.60 Å². The molecule has 0 aromatic heterocycles. The number of ether oxygens (including phenoxy) is 1. The highest BCUT2D eigenvalue weighted by atomic mass is 16.6. The van der Waals surface area contributed by atoms with Crippen LogP contribution in [-0.4, -0.2) is 5.97 Å². The van der Waals surface area contributed by atoms with Crippen LogP contribution in [0.15, 0.2) is 61.2 Å². The molecule has 2 heteroatoms. The third-order valence-corrected chi connectivity index (χ3v) is 4.08. The maximum absolute atomic E-state index is 11.9. The molecule has 0 atom stereocenters. The molecule has 0 spiro atoms. The van der Waals surface area contributed by atoms with Gasteiger partial charge in [-0.1, -0.05) is 55.1 Å². The fourth-order valence-electron chi connectivity index (χ4n) is 3.07. The average molecular weight is 288 g/mol. The molecule has 0 saturated heterocycles. The van der Waals surface area contributed by atoms with Gasteiger partial charge in [-0.05, 0) is 29.9 Å². The SMILES string of the molecule is C#CC1(OC(=O)C=C)c2ccccc2CCc2ccccc21. The van der Waals surface area contributed by atoms with Crippen molar-refractivity contribution < 1.29 is 9.53 Å². The van der Waals surface area contributed by atoms with Crippen molar-refractivity contribution in [1.29, 1.82) is 0 Å². The third-order valence-electron chi connectivity index (χ3n) is 4.08. The van der Waals surface area contributed by atoms with E-state index >= 15 is 0 Å². The van der Waals surface area contributed by atoms with Crippen LogP contribution in [0.2, 0.25) is 0 Å². The molecule has 22 heavy (non-hydrogen) atoms. The lowest BCUT2D eigenvalue weighted by Gasteiger charge is -2.30. The number of benzene rings is 2. The maximum Gasteiger partial charge on any atom is 0.332 e. The van der Waals surface area contributed by atoms with Crippen molar-refractivity contribution in [3.8, 4) is 12.3 Å². The molecule has 0 heterocycles. The number of terminal acetylenes is 1. The van der Waals surface area contributed by atoms with Gasteiger partial charge >= 0.3 is 5.97 Å². The van der Waals surface area contributed by atoms with Crippen LogP contribution < -0.4 is 0 Å². The molecule has 108 valence electrons. The first-order chi connectivity index (χ1) is 10.7. The van der Waals surface area contributed by atoms with Crippen LogP contribution >= 0.6 is 0 Å². The molecule has 0 radical (unpaired) electrons. The minimum Gasteiger partial charge on any atom is -0.434 e. The summed E-state index contributed by atoms with van der Waals surface area (Å²) in [5, 5.41) is 0. The monoisotopic (exact) mass is 288 g/mol. The number of carbonyl (C=O) groups is 1. The summed E-state index contributed by atoms with van der Waals surface area (Å²) in [5.74, 6) is 2.22. The number of hydrogen-bond acceptors (Lipinski definition) is 2. The lowest BCUT2D eigenvalue weighted by Crippen LogP contribution is -2.33. The fourth-order valence-corrected chi connectivity index (χ4v) is 3.07. The Morgan fingerprint density at radius 2 is 1.59 bits per heavy atom. The van der Waals surface area contributed by atoms with E-state index < -0.39 is 11.6 Å². The van der Waals surface area contributed by atoms with E-state index in [1.165, 1.54) is 0 Å². The Balaban J connectivity index is 2.32. The highest BCUT2D eigenvalue weighted by molar-refractivity contribution is 5.82. The predicted molar refractivity (Wildman–Crippen MR) is 86.2 cm³/mol. The molecule has 0 fully saturated rings. The molecular formula is C20H16O2. The highest BCUT2D eigenvalue weighted by Crippen LogP contribution is 2.40. The van der Waals surface area contributed by atoms with Gasteiger partial charge in [0.05, 0.1) is 0 Å². The number of rotatable bonds is 2. The zero-order chi connectivity index (χ0) is 15.6. The van der Waals surface area contributed by atoms with Crippen LogP contribution in [0.1, 0.15) is 22.3 Å². The Morgan fingerprint density at radius 1 is 1.09 bits per heavy atom.